The number of ether oxygens (including phenoxy) is 2. The second kappa shape index (κ2) is 8.32. The van der Waals surface area contributed by atoms with E-state index in [0.717, 1.165) is 22.3 Å². The summed E-state index contributed by atoms with van der Waals surface area (Å²) in [7, 11) is 3.63. The Morgan fingerprint density at radius 1 is 1.18 bits per heavy atom. The van der Waals surface area contributed by atoms with Crippen molar-refractivity contribution >= 4 is 15.9 Å². The number of halogens is 1. The number of nitrogens with one attached hydrogen (secondary N) is 1. The molecule has 22 heavy (non-hydrogen) atoms. The summed E-state index contributed by atoms with van der Waals surface area (Å²) in [4.78, 5) is 0. The Hall–Kier alpha value is -1.36. The van der Waals surface area contributed by atoms with Crippen LogP contribution in [-0.4, -0.2) is 20.8 Å². The van der Waals surface area contributed by atoms with Crippen LogP contribution in [0.2, 0.25) is 0 Å². The van der Waals surface area contributed by atoms with E-state index in [0.29, 0.717) is 6.61 Å². The first-order chi connectivity index (χ1) is 10.7. The first-order valence-electron chi connectivity index (χ1n) is 7.38. The van der Waals surface area contributed by atoms with Gasteiger partial charge in [0.1, 0.15) is 11.9 Å². The van der Waals surface area contributed by atoms with E-state index >= 15 is 0 Å². The summed E-state index contributed by atoms with van der Waals surface area (Å²) in [6.07, 6.45) is -0.100. The van der Waals surface area contributed by atoms with E-state index in [1.807, 2.05) is 32.2 Å². The number of benzene rings is 2. The van der Waals surface area contributed by atoms with Crippen molar-refractivity contribution in [1.82, 2.24) is 5.32 Å². The highest BCUT2D eigenvalue weighted by atomic mass is 79.9. The first-order valence-corrected chi connectivity index (χ1v) is 8.17. The van der Waals surface area contributed by atoms with Gasteiger partial charge in [-0.15, -0.1) is 0 Å². The maximum atomic E-state index is 6.04. The summed E-state index contributed by atoms with van der Waals surface area (Å²) >= 11 is 3.54. The SMILES string of the molecule is CCOC(c1cccc(OC)c1)c1ccc(Br)cc1CNC. The van der Waals surface area contributed by atoms with E-state index in [2.05, 4.69) is 45.5 Å². The van der Waals surface area contributed by atoms with Crippen LogP contribution in [0.1, 0.15) is 29.7 Å². The van der Waals surface area contributed by atoms with Gasteiger partial charge in [0.15, 0.2) is 0 Å². The number of hydrogen-bond acceptors (Lipinski definition) is 3. The minimum atomic E-state index is -0.100. The monoisotopic (exact) mass is 363 g/mol. The molecule has 0 aromatic heterocycles. The van der Waals surface area contributed by atoms with Crippen molar-refractivity contribution in [1.29, 1.82) is 0 Å². The van der Waals surface area contributed by atoms with E-state index in [9.17, 15) is 0 Å². The van der Waals surface area contributed by atoms with Crippen LogP contribution < -0.4 is 10.1 Å². The molecule has 0 bridgehead atoms. The van der Waals surface area contributed by atoms with Crippen molar-refractivity contribution in [2.24, 2.45) is 0 Å². The third kappa shape index (κ3) is 4.09. The molecule has 0 saturated heterocycles. The Morgan fingerprint density at radius 2 is 2.00 bits per heavy atom. The maximum Gasteiger partial charge on any atom is 0.119 e. The van der Waals surface area contributed by atoms with Gasteiger partial charge in [-0.25, -0.2) is 0 Å². The fourth-order valence-corrected chi connectivity index (χ4v) is 2.92. The van der Waals surface area contributed by atoms with Gasteiger partial charge in [-0.2, -0.15) is 0 Å². The molecule has 1 N–H and O–H groups in total. The topological polar surface area (TPSA) is 30.5 Å². The Balaban J connectivity index is 2.47. The molecular weight excluding hydrogens is 342 g/mol. The predicted octanol–water partition coefficient (Wildman–Crippen LogP) is 4.30. The van der Waals surface area contributed by atoms with Gasteiger partial charge in [-0.1, -0.05) is 34.1 Å². The third-order valence-electron chi connectivity index (χ3n) is 3.48. The fraction of sp³-hybridized carbons (Fsp3) is 0.333. The van der Waals surface area contributed by atoms with Crippen molar-refractivity contribution in [2.45, 2.75) is 19.6 Å². The van der Waals surface area contributed by atoms with Crippen LogP contribution in [0.3, 0.4) is 0 Å². The normalized spacial score (nSPS) is 12.2. The van der Waals surface area contributed by atoms with Gasteiger partial charge in [0.05, 0.1) is 7.11 Å². The Labute approximate surface area is 140 Å². The molecule has 2 rings (SSSR count). The standard InChI is InChI=1S/C18H22BrNO2/c1-4-22-18(13-6-5-7-16(11-13)21-3)17-9-8-15(19)10-14(17)12-20-2/h5-11,18,20H,4,12H2,1-3H3. The van der Waals surface area contributed by atoms with Crippen LogP contribution >= 0.6 is 15.9 Å². The molecule has 3 nitrogen and oxygen atoms in total. The molecule has 0 aliphatic carbocycles. The average Bonchev–Trinajstić information content (AvgIpc) is 2.54. The lowest BCUT2D eigenvalue weighted by molar-refractivity contribution is 0.0905. The highest BCUT2D eigenvalue weighted by Gasteiger charge is 2.18. The van der Waals surface area contributed by atoms with Crippen LogP contribution in [0.5, 0.6) is 5.75 Å². The molecule has 1 unspecified atom stereocenters. The second-order valence-corrected chi connectivity index (χ2v) is 5.90. The van der Waals surface area contributed by atoms with Gasteiger partial charge in [-0.3, -0.25) is 0 Å². The number of hydrogen-bond donors (Lipinski definition) is 1. The van der Waals surface area contributed by atoms with Crippen molar-refractivity contribution in [3.63, 3.8) is 0 Å². The number of rotatable bonds is 7. The van der Waals surface area contributed by atoms with Crippen LogP contribution in [0.4, 0.5) is 0 Å². The molecular formula is C18H22BrNO2. The summed E-state index contributed by atoms with van der Waals surface area (Å²) in [6, 6.07) is 14.4. The summed E-state index contributed by atoms with van der Waals surface area (Å²) < 4.78 is 12.5. The van der Waals surface area contributed by atoms with Crippen LogP contribution in [0.25, 0.3) is 0 Å². The van der Waals surface area contributed by atoms with E-state index in [-0.39, 0.29) is 6.10 Å². The van der Waals surface area contributed by atoms with Gasteiger partial charge in [0.2, 0.25) is 0 Å². The zero-order valence-corrected chi connectivity index (χ0v) is 14.8. The third-order valence-corrected chi connectivity index (χ3v) is 3.98. The summed E-state index contributed by atoms with van der Waals surface area (Å²) in [5.41, 5.74) is 3.49. The van der Waals surface area contributed by atoms with Crippen LogP contribution in [0, 0.1) is 0 Å². The summed E-state index contributed by atoms with van der Waals surface area (Å²) in [5.74, 6) is 0.842. The molecule has 2 aromatic carbocycles. The fourth-order valence-electron chi connectivity index (χ4n) is 2.51. The van der Waals surface area contributed by atoms with Crippen molar-refractivity contribution in [3.05, 3.63) is 63.6 Å². The van der Waals surface area contributed by atoms with Gasteiger partial charge in [-0.05, 0) is 54.9 Å². The molecule has 118 valence electrons. The van der Waals surface area contributed by atoms with Crippen molar-refractivity contribution in [2.75, 3.05) is 20.8 Å². The Bertz CT molecular complexity index is 616. The van der Waals surface area contributed by atoms with E-state index in [4.69, 9.17) is 9.47 Å². The zero-order valence-electron chi connectivity index (χ0n) is 13.2. The quantitative estimate of drug-likeness (QED) is 0.795. The lowest BCUT2D eigenvalue weighted by Crippen LogP contribution is -2.13. The second-order valence-electron chi connectivity index (χ2n) is 4.99. The minimum absolute atomic E-state index is 0.100. The molecule has 0 amide bonds. The van der Waals surface area contributed by atoms with Gasteiger partial charge in [0.25, 0.3) is 0 Å². The lowest BCUT2D eigenvalue weighted by atomic mass is 9.96. The highest BCUT2D eigenvalue weighted by molar-refractivity contribution is 9.10. The van der Waals surface area contributed by atoms with E-state index in [1.54, 1.807) is 7.11 Å². The van der Waals surface area contributed by atoms with Gasteiger partial charge < -0.3 is 14.8 Å². The molecule has 0 radical (unpaired) electrons. The van der Waals surface area contributed by atoms with Crippen LogP contribution in [-0.2, 0) is 11.3 Å². The van der Waals surface area contributed by atoms with E-state index in [1.165, 1.54) is 11.1 Å². The minimum Gasteiger partial charge on any atom is -0.497 e. The molecule has 0 saturated carbocycles. The lowest BCUT2D eigenvalue weighted by Gasteiger charge is -2.22. The summed E-state index contributed by atoms with van der Waals surface area (Å²) in [5, 5.41) is 3.22. The average molecular weight is 364 g/mol. The molecule has 0 aliphatic heterocycles. The summed E-state index contributed by atoms with van der Waals surface area (Å²) in [6.45, 7) is 3.46. The molecule has 1 atom stereocenters. The molecule has 4 heteroatoms. The zero-order chi connectivity index (χ0) is 15.9. The van der Waals surface area contributed by atoms with Crippen LogP contribution in [0.15, 0.2) is 46.9 Å². The first kappa shape index (κ1) is 17.0. The molecule has 0 fully saturated rings. The molecule has 0 aliphatic rings. The Kier molecular flexibility index (Phi) is 6.43. The van der Waals surface area contributed by atoms with Crippen molar-refractivity contribution < 1.29 is 9.47 Å². The van der Waals surface area contributed by atoms with E-state index < -0.39 is 0 Å². The Morgan fingerprint density at radius 3 is 2.68 bits per heavy atom. The molecule has 0 heterocycles. The largest absolute Gasteiger partial charge is 0.497 e. The molecule has 2 aromatic rings. The maximum absolute atomic E-state index is 6.04. The molecule has 0 spiro atoms. The predicted molar refractivity (Wildman–Crippen MR) is 93.4 cm³/mol. The number of methoxy groups -OCH3 is 1. The van der Waals surface area contributed by atoms with Crippen molar-refractivity contribution in [3.8, 4) is 5.75 Å². The smallest absolute Gasteiger partial charge is 0.119 e. The van der Waals surface area contributed by atoms with Gasteiger partial charge >= 0.3 is 0 Å². The van der Waals surface area contributed by atoms with Gasteiger partial charge in [0, 0.05) is 17.6 Å². The highest BCUT2D eigenvalue weighted by Crippen LogP contribution is 2.32.